The fraction of sp³-hybridized carbons (Fsp3) is 0.647. The molecule has 1 aromatic rings. The van der Waals surface area contributed by atoms with Crippen LogP contribution in [0.5, 0.6) is 0 Å². The van der Waals surface area contributed by atoms with Gasteiger partial charge in [0.1, 0.15) is 0 Å². The van der Waals surface area contributed by atoms with Gasteiger partial charge < -0.3 is 10.1 Å². The largest absolute Gasteiger partial charge is 0.383 e. The maximum atomic E-state index is 5.02. The monoisotopic (exact) mass is 263 g/mol. The molecule has 0 aliphatic heterocycles. The third-order valence-electron chi connectivity index (χ3n) is 3.71. The topological polar surface area (TPSA) is 21.3 Å². The van der Waals surface area contributed by atoms with E-state index in [1.165, 1.54) is 36.0 Å². The average molecular weight is 263 g/mol. The van der Waals surface area contributed by atoms with Crippen molar-refractivity contribution in [3.63, 3.8) is 0 Å². The first-order valence-electron chi connectivity index (χ1n) is 7.39. The van der Waals surface area contributed by atoms with Crippen molar-refractivity contribution in [3.8, 4) is 0 Å². The molecule has 0 aliphatic rings. The molecule has 2 heteroatoms. The Morgan fingerprint density at radius 2 is 1.95 bits per heavy atom. The number of ether oxygens (including phenoxy) is 1. The number of hydrogen-bond acceptors (Lipinski definition) is 2. The summed E-state index contributed by atoms with van der Waals surface area (Å²) in [5.74, 6) is 0.773. The second-order valence-electron chi connectivity index (χ2n) is 5.61. The lowest BCUT2D eigenvalue weighted by atomic mass is 9.95. The van der Waals surface area contributed by atoms with Gasteiger partial charge in [-0.3, -0.25) is 0 Å². The third-order valence-corrected chi connectivity index (χ3v) is 3.71. The van der Waals surface area contributed by atoms with E-state index < -0.39 is 0 Å². The van der Waals surface area contributed by atoms with Gasteiger partial charge in [0.25, 0.3) is 0 Å². The van der Waals surface area contributed by atoms with Crippen LogP contribution in [0.4, 0.5) is 0 Å². The van der Waals surface area contributed by atoms with Crippen molar-refractivity contribution in [3.05, 3.63) is 34.9 Å². The number of benzene rings is 1. The van der Waals surface area contributed by atoms with E-state index in [0.29, 0.717) is 0 Å². The number of aryl methyl sites for hydroxylation is 3. The molecule has 1 aromatic carbocycles. The Labute approximate surface area is 118 Å². The van der Waals surface area contributed by atoms with Gasteiger partial charge in [-0.15, -0.1) is 0 Å². The zero-order chi connectivity index (χ0) is 14.1. The molecule has 0 aliphatic carbocycles. The Morgan fingerprint density at radius 3 is 2.68 bits per heavy atom. The van der Waals surface area contributed by atoms with Crippen molar-refractivity contribution in [2.45, 2.75) is 40.0 Å². The van der Waals surface area contributed by atoms with E-state index >= 15 is 0 Å². The van der Waals surface area contributed by atoms with E-state index in [0.717, 1.165) is 25.6 Å². The summed E-state index contributed by atoms with van der Waals surface area (Å²) >= 11 is 0. The van der Waals surface area contributed by atoms with Crippen LogP contribution in [0.1, 0.15) is 36.5 Å². The van der Waals surface area contributed by atoms with Gasteiger partial charge in [0.15, 0.2) is 0 Å². The van der Waals surface area contributed by atoms with Gasteiger partial charge in [-0.25, -0.2) is 0 Å². The Hall–Kier alpha value is -0.860. The summed E-state index contributed by atoms with van der Waals surface area (Å²) in [5, 5.41) is 3.41. The smallest absolute Gasteiger partial charge is 0.0587 e. The molecule has 0 aromatic heterocycles. The number of methoxy groups -OCH3 is 1. The molecule has 0 radical (unpaired) electrons. The van der Waals surface area contributed by atoms with E-state index in [1.807, 2.05) is 0 Å². The zero-order valence-electron chi connectivity index (χ0n) is 13.0. The molecule has 1 rings (SSSR count). The quantitative estimate of drug-likeness (QED) is 0.689. The number of nitrogens with one attached hydrogen (secondary N) is 1. The molecule has 0 bridgehead atoms. The molecule has 108 valence electrons. The van der Waals surface area contributed by atoms with Crippen LogP contribution < -0.4 is 5.32 Å². The van der Waals surface area contributed by atoms with Gasteiger partial charge in [0.2, 0.25) is 0 Å². The first-order valence-corrected chi connectivity index (χ1v) is 7.39. The molecule has 1 unspecified atom stereocenters. The van der Waals surface area contributed by atoms with Gasteiger partial charge in [0, 0.05) is 13.7 Å². The summed E-state index contributed by atoms with van der Waals surface area (Å²) in [6.45, 7) is 9.59. The van der Waals surface area contributed by atoms with E-state index in [9.17, 15) is 0 Å². The first-order chi connectivity index (χ1) is 9.13. The standard InChI is InChI=1S/C17H29NO/c1-14(9-10-18-11-12-19-4)6-8-17-13-15(2)5-7-16(17)3/h5,7,13-14,18H,6,8-12H2,1-4H3. The predicted molar refractivity (Wildman–Crippen MR) is 82.8 cm³/mol. The normalized spacial score (nSPS) is 12.6. The second kappa shape index (κ2) is 9.11. The molecule has 0 amide bonds. The summed E-state index contributed by atoms with van der Waals surface area (Å²) in [6, 6.07) is 6.77. The minimum Gasteiger partial charge on any atom is -0.383 e. The summed E-state index contributed by atoms with van der Waals surface area (Å²) in [5.41, 5.74) is 4.31. The molecule has 0 heterocycles. The second-order valence-corrected chi connectivity index (χ2v) is 5.61. The van der Waals surface area contributed by atoms with Crippen molar-refractivity contribution >= 4 is 0 Å². The van der Waals surface area contributed by atoms with Crippen LogP contribution >= 0.6 is 0 Å². The van der Waals surface area contributed by atoms with E-state index in [2.05, 4.69) is 44.3 Å². The molecular formula is C17H29NO. The maximum absolute atomic E-state index is 5.02. The van der Waals surface area contributed by atoms with Gasteiger partial charge in [-0.2, -0.15) is 0 Å². The van der Waals surface area contributed by atoms with Gasteiger partial charge >= 0.3 is 0 Å². The van der Waals surface area contributed by atoms with Crippen LogP contribution in [0, 0.1) is 19.8 Å². The van der Waals surface area contributed by atoms with Crippen molar-refractivity contribution in [2.75, 3.05) is 26.8 Å². The third kappa shape index (κ3) is 6.74. The average Bonchev–Trinajstić information content (AvgIpc) is 2.39. The predicted octanol–water partition coefficient (Wildman–Crippen LogP) is 3.50. The van der Waals surface area contributed by atoms with Crippen molar-refractivity contribution in [1.82, 2.24) is 5.32 Å². The van der Waals surface area contributed by atoms with Crippen LogP contribution in [0.2, 0.25) is 0 Å². The summed E-state index contributed by atoms with van der Waals surface area (Å²) in [6.07, 6.45) is 3.72. The Kier molecular flexibility index (Phi) is 7.76. The molecule has 0 spiro atoms. The highest BCUT2D eigenvalue weighted by molar-refractivity contribution is 5.30. The van der Waals surface area contributed by atoms with Crippen LogP contribution in [0.25, 0.3) is 0 Å². The van der Waals surface area contributed by atoms with Gasteiger partial charge in [-0.05, 0) is 56.7 Å². The fourth-order valence-corrected chi connectivity index (χ4v) is 2.26. The highest BCUT2D eigenvalue weighted by atomic mass is 16.5. The van der Waals surface area contributed by atoms with Gasteiger partial charge in [-0.1, -0.05) is 30.7 Å². The van der Waals surface area contributed by atoms with Crippen molar-refractivity contribution in [2.24, 2.45) is 5.92 Å². The fourth-order valence-electron chi connectivity index (χ4n) is 2.26. The lowest BCUT2D eigenvalue weighted by molar-refractivity contribution is 0.199. The summed E-state index contributed by atoms with van der Waals surface area (Å²) in [7, 11) is 1.74. The highest BCUT2D eigenvalue weighted by Crippen LogP contribution is 2.16. The maximum Gasteiger partial charge on any atom is 0.0587 e. The molecule has 1 N–H and O–H groups in total. The Morgan fingerprint density at radius 1 is 1.16 bits per heavy atom. The van der Waals surface area contributed by atoms with E-state index in [-0.39, 0.29) is 0 Å². The van der Waals surface area contributed by atoms with Crippen LogP contribution in [-0.4, -0.2) is 26.8 Å². The van der Waals surface area contributed by atoms with Crippen molar-refractivity contribution in [1.29, 1.82) is 0 Å². The van der Waals surface area contributed by atoms with Crippen LogP contribution in [0.15, 0.2) is 18.2 Å². The Bertz CT molecular complexity index is 362. The summed E-state index contributed by atoms with van der Waals surface area (Å²) < 4.78 is 5.02. The van der Waals surface area contributed by atoms with Crippen molar-refractivity contribution < 1.29 is 4.74 Å². The first kappa shape index (κ1) is 16.2. The minimum atomic E-state index is 0.773. The minimum absolute atomic E-state index is 0.773. The van der Waals surface area contributed by atoms with E-state index in [1.54, 1.807) is 7.11 Å². The molecule has 0 saturated carbocycles. The highest BCUT2D eigenvalue weighted by Gasteiger charge is 2.04. The number of hydrogen-bond donors (Lipinski definition) is 1. The van der Waals surface area contributed by atoms with Crippen LogP contribution in [0.3, 0.4) is 0 Å². The van der Waals surface area contributed by atoms with E-state index in [4.69, 9.17) is 4.74 Å². The molecule has 0 saturated heterocycles. The molecule has 0 fully saturated rings. The zero-order valence-corrected chi connectivity index (χ0v) is 13.0. The molecule has 1 atom stereocenters. The molecule has 19 heavy (non-hydrogen) atoms. The number of rotatable bonds is 9. The lowest BCUT2D eigenvalue weighted by Gasteiger charge is -2.13. The molecule has 2 nitrogen and oxygen atoms in total. The molecular weight excluding hydrogens is 234 g/mol. The Balaban J connectivity index is 2.22. The summed E-state index contributed by atoms with van der Waals surface area (Å²) in [4.78, 5) is 0. The lowest BCUT2D eigenvalue weighted by Crippen LogP contribution is -2.21. The van der Waals surface area contributed by atoms with Crippen LogP contribution in [-0.2, 0) is 11.2 Å². The van der Waals surface area contributed by atoms with Gasteiger partial charge in [0.05, 0.1) is 6.61 Å². The SMILES string of the molecule is COCCNCCC(C)CCc1cc(C)ccc1C.